The van der Waals surface area contributed by atoms with Crippen LogP contribution in [0.25, 0.3) is 0 Å². The van der Waals surface area contributed by atoms with Crippen LogP contribution >= 0.6 is 9.24 Å². The SMILES string of the molecule is O=C(CCCNC(=O)OCP)NCCc1ccccc1. The maximum atomic E-state index is 11.5. The summed E-state index contributed by atoms with van der Waals surface area (Å²) >= 11 is 0. The molecule has 20 heavy (non-hydrogen) atoms. The van der Waals surface area contributed by atoms with Gasteiger partial charge in [0.05, 0.1) is 0 Å². The Morgan fingerprint density at radius 3 is 2.55 bits per heavy atom. The van der Waals surface area contributed by atoms with E-state index in [-0.39, 0.29) is 12.3 Å². The van der Waals surface area contributed by atoms with Gasteiger partial charge >= 0.3 is 6.09 Å². The van der Waals surface area contributed by atoms with E-state index < -0.39 is 6.09 Å². The van der Waals surface area contributed by atoms with Gasteiger partial charge in [0.1, 0.15) is 6.35 Å². The number of rotatable bonds is 8. The molecule has 1 atom stereocenters. The summed E-state index contributed by atoms with van der Waals surface area (Å²) in [6, 6.07) is 10.0. The largest absolute Gasteiger partial charge is 0.446 e. The smallest absolute Gasteiger partial charge is 0.407 e. The molecule has 0 fully saturated rings. The Hall–Kier alpha value is -1.61. The molecule has 1 rings (SSSR count). The lowest BCUT2D eigenvalue weighted by Crippen LogP contribution is -2.28. The van der Waals surface area contributed by atoms with Gasteiger partial charge in [0.15, 0.2) is 0 Å². The highest BCUT2D eigenvalue weighted by molar-refractivity contribution is 7.16. The molecule has 0 radical (unpaired) electrons. The van der Waals surface area contributed by atoms with Crippen molar-refractivity contribution in [1.29, 1.82) is 0 Å². The number of amides is 2. The summed E-state index contributed by atoms with van der Waals surface area (Å²) in [7, 11) is 2.30. The molecule has 0 bridgehead atoms. The Labute approximate surface area is 121 Å². The monoisotopic (exact) mass is 296 g/mol. The second-order valence-electron chi connectivity index (χ2n) is 4.21. The van der Waals surface area contributed by atoms with Crippen molar-refractivity contribution in [3.63, 3.8) is 0 Å². The second-order valence-corrected chi connectivity index (χ2v) is 4.55. The highest BCUT2D eigenvalue weighted by atomic mass is 31.0. The van der Waals surface area contributed by atoms with Gasteiger partial charge in [-0.05, 0) is 18.4 Å². The number of benzene rings is 1. The van der Waals surface area contributed by atoms with Crippen LogP contribution in [0.3, 0.4) is 0 Å². The zero-order valence-electron chi connectivity index (χ0n) is 11.4. The number of alkyl carbamates (subject to hydrolysis) is 1. The molecule has 2 amide bonds. The fourth-order valence-corrected chi connectivity index (χ4v) is 1.80. The van der Waals surface area contributed by atoms with E-state index in [4.69, 9.17) is 0 Å². The standard InChI is InChI=1S/C14H21N2O3P/c17-13(7-4-9-16-14(18)19-11-20)15-10-8-12-5-2-1-3-6-12/h1-3,5-6H,4,7-11,20H2,(H,15,17)(H,16,18). The van der Waals surface area contributed by atoms with Crippen molar-refractivity contribution in [2.45, 2.75) is 19.3 Å². The Morgan fingerprint density at radius 1 is 1.10 bits per heavy atom. The third-order valence-electron chi connectivity index (χ3n) is 2.64. The molecule has 0 saturated heterocycles. The lowest BCUT2D eigenvalue weighted by atomic mass is 10.1. The Kier molecular flexibility index (Phi) is 8.40. The molecule has 0 heterocycles. The Balaban J connectivity index is 2.02. The molecular formula is C14H21N2O3P. The molecule has 1 unspecified atom stereocenters. The van der Waals surface area contributed by atoms with E-state index in [1.165, 1.54) is 5.56 Å². The summed E-state index contributed by atoms with van der Waals surface area (Å²) in [6.45, 7) is 1.07. The molecule has 0 aromatic heterocycles. The second kappa shape index (κ2) is 10.2. The summed E-state index contributed by atoms with van der Waals surface area (Å²) in [5.74, 6) is 0.00199. The number of hydrogen-bond donors (Lipinski definition) is 2. The molecule has 0 aliphatic carbocycles. The van der Waals surface area contributed by atoms with E-state index in [0.29, 0.717) is 25.9 Å². The van der Waals surface area contributed by atoms with Crippen LogP contribution in [0.15, 0.2) is 30.3 Å². The van der Waals surface area contributed by atoms with Gasteiger partial charge in [0, 0.05) is 19.5 Å². The molecule has 110 valence electrons. The number of carbonyl (C=O) groups excluding carboxylic acids is 2. The normalized spacial score (nSPS) is 9.85. The van der Waals surface area contributed by atoms with Crippen LogP contribution in [0.4, 0.5) is 4.79 Å². The highest BCUT2D eigenvalue weighted by Gasteiger charge is 2.02. The first-order valence-corrected chi connectivity index (χ1v) is 7.45. The first-order chi connectivity index (χ1) is 9.72. The van der Waals surface area contributed by atoms with Gasteiger partial charge in [0.25, 0.3) is 0 Å². The van der Waals surface area contributed by atoms with E-state index in [1.807, 2.05) is 30.3 Å². The fourth-order valence-electron chi connectivity index (χ4n) is 1.65. The van der Waals surface area contributed by atoms with Crippen LogP contribution in [0, 0.1) is 0 Å². The van der Waals surface area contributed by atoms with E-state index >= 15 is 0 Å². The van der Waals surface area contributed by atoms with Crippen molar-refractivity contribution in [1.82, 2.24) is 10.6 Å². The van der Waals surface area contributed by atoms with Crippen molar-refractivity contribution < 1.29 is 14.3 Å². The average Bonchev–Trinajstić information content (AvgIpc) is 2.45. The van der Waals surface area contributed by atoms with Crippen molar-refractivity contribution in [2.75, 3.05) is 19.4 Å². The van der Waals surface area contributed by atoms with Crippen molar-refractivity contribution in [3.8, 4) is 0 Å². The first kappa shape index (κ1) is 16.4. The Bertz CT molecular complexity index is 412. The maximum absolute atomic E-state index is 11.5. The van der Waals surface area contributed by atoms with Crippen molar-refractivity contribution in [2.24, 2.45) is 0 Å². The van der Waals surface area contributed by atoms with Crippen LogP contribution in [-0.4, -0.2) is 31.4 Å². The molecule has 1 aromatic rings. The van der Waals surface area contributed by atoms with Crippen LogP contribution < -0.4 is 10.6 Å². The minimum Gasteiger partial charge on any atom is -0.446 e. The molecule has 1 aromatic carbocycles. The molecule has 0 spiro atoms. The molecule has 6 heteroatoms. The van der Waals surface area contributed by atoms with Crippen molar-refractivity contribution in [3.05, 3.63) is 35.9 Å². The fraction of sp³-hybridized carbons (Fsp3) is 0.429. The van der Waals surface area contributed by atoms with Crippen LogP contribution in [0.2, 0.25) is 0 Å². The van der Waals surface area contributed by atoms with Gasteiger partial charge in [-0.25, -0.2) is 4.79 Å². The zero-order valence-corrected chi connectivity index (χ0v) is 12.6. The van der Waals surface area contributed by atoms with E-state index in [2.05, 4.69) is 24.6 Å². The van der Waals surface area contributed by atoms with Crippen molar-refractivity contribution >= 4 is 21.2 Å². The van der Waals surface area contributed by atoms with Gasteiger partial charge in [-0.3, -0.25) is 4.79 Å². The number of ether oxygens (including phenoxy) is 1. The van der Waals surface area contributed by atoms with E-state index in [1.54, 1.807) is 0 Å². The first-order valence-electron chi connectivity index (χ1n) is 6.63. The van der Waals surface area contributed by atoms with Crippen LogP contribution in [0.1, 0.15) is 18.4 Å². The predicted octanol–water partition coefficient (Wildman–Crippen LogP) is 1.68. The molecule has 5 nitrogen and oxygen atoms in total. The van der Waals surface area contributed by atoms with Gasteiger partial charge < -0.3 is 15.4 Å². The highest BCUT2D eigenvalue weighted by Crippen LogP contribution is 1.98. The van der Waals surface area contributed by atoms with Gasteiger partial charge in [-0.15, -0.1) is 0 Å². The third kappa shape index (κ3) is 7.74. The predicted molar refractivity (Wildman–Crippen MR) is 81.5 cm³/mol. The number of carbonyl (C=O) groups is 2. The minimum absolute atomic E-state index is 0.00199. The summed E-state index contributed by atoms with van der Waals surface area (Å²) in [5.41, 5.74) is 1.20. The number of nitrogens with one attached hydrogen (secondary N) is 2. The lowest BCUT2D eigenvalue weighted by molar-refractivity contribution is -0.121. The van der Waals surface area contributed by atoms with E-state index in [0.717, 1.165) is 6.42 Å². The quantitative estimate of drug-likeness (QED) is 0.566. The average molecular weight is 296 g/mol. The maximum Gasteiger partial charge on any atom is 0.407 e. The summed E-state index contributed by atoms with van der Waals surface area (Å²) < 4.78 is 4.68. The molecule has 2 N–H and O–H groups in total. The molecule has 0 aliphatic heterocycles. The van der Waals surface area contributed by atoms with Crippen LogP contribution in [0.5, 0.6) is 0 Å². The van der Waals surface area contributed by atoms with E-state index in [9.17, 15) is 9.59 Å². The summed E-state index contributed by atoms with van der Waals surface area (Å²) in [6.07, 6.45) is 1.64. The Morgan fingerprint density at radius 2 is 1.85 bits per heavy atom. The topological polar surface area (TPSA) is 67.4 Å². The zero-order chi connectivity index (χ0) is 14.6. The number of hydrogen-bond acceptors (Lipinski definition) is 3. The molecular weight excluding hydrogens is 275 g/mol. The summed E-state index contributed by atoms with van der Waals surface area (Å²) in [4.78, 5) is 22.5. The lowest BCUT2D eigenvalue weighted by Gasteiger charge is -2.06. The third-order valence-corrected chi connectivity index (χ3v) is 2.81. The van der Waals surface area contributed by atoms with Gasteiger partial charge in [-0.2, -0.15) is 0 Å². The van der Waals surface area contributed by atoms with Gasteiger partial charge in [0.2, 0.25) is 5.91 Å². The van der Waals surface area contributed by atoms with Crippen LogP contribution in [-0.2, 0) is 16.0 Å². The molecule has 0 saturated carbocycles. The minimum atomic E-state index is -0.454. The molecule has 0 aliphatic rings. The van der Waals surface area contributed by atoms with Gasteiger partial charge in [-0.1, -0.05) is 39.6 Å². The summed E-state index contributed by atoms with van der Waals surface area (Å²) in [5, 5.41) is 5.42.